The molecule has 0 aromatic carbocycles. The van der Waals surface area contributed by atoms with E-state index in [1.165, 1.54) is 51.4 Å². The van der Waals surface area contributed by atoms with Crippen molar-refractivity contribution in [2.45, 2.75) is 206 Å². The van der Waals surface area contributed by atoms with Gasteiger partial charge in [-0.05, 0) is 71.1 Å². The summed E-state index contributed by atoms with van der Waals surface area (Å²) in [7, 11) is 0. The molecule has 0 rings (SSSR count). The van der Waals surface area contributed by atoms with Crippen LogP contribution in [-0.2, 0) is 9.59 Å². The molecule has 0 radical (unpaired) electrons. The highest BCUT2D eigenvalue weighted by Crippen LogP contribution is 2.12. The van der Waals surface area contributed by atoms with Crippen molar-refractivity contribution in [1.29, 1.82) is 0 Å². The van der Waals surface area contributed by atoms with E-state index < -0.39 is 0 Å². The van der Waals surface area contributed by atoms with E-state index in [9.17, 15) is 19.8 Å². The van der Waals surface area contributed by atoms with Gasteiger partial charge in [-0.25, -0.2) is 0 Å². The summed E-state index contributed by atoms with van der Waals surface area (Å²) >= 11 is 0. The lowest BCUT2D eigenvalue weighted by molar-refractivity contribution is -0.124. The molecule has 0 spiro atoms. The molecule has 0 aliphatic heterocycles. The Morgan fingerprint density at radius 2 is 0.886 bits per heavy atom. The smallest absolute Gasteiger partial charge is 0.221 e. The molecule has 0 aromatic heterocycles. The molecule has 2 atom stereocenters. The predicted octanol–water partition coefficient (Wildman–Crippen LogP) is 9.58. The molecule has 0 aromatic rings. The van der Waals surface area contributed by atoms with Crippen LogP contribution in [0, 0.1) is 0 Å². The number of hydrogen-bond acceptors (Lipinski definition) is 4. The molecular formula is C38H72N2O4. The lowest BCUT2D eigenvalue weighted by atomic mass is 10.1. The minimum absolute atomic E-state index is 0.00418. The summed E-state index contributed by atoms with van der Waals surface area (Å²) in [5, 5.41) is 25.8. The van der Waals surface area contributed by atoms with E-state index in [1.54, 1.807) is 0 Å². The second kappa shape index (κ2) is 32.7. The molecule has 0 aliphatic carbocycles. The van der Waals surface area contributed by atoms with Gasteiger partial charge >= 0.3 is 0 Å². The van der Waals surface area contributed by atoms with E-state index in [4.69, 9.17) is 0 Å². The number of rotatable bonds is 32. The van der Waals surface area contributed by atoms with Gasteiger partial charge in [-0.1, -0.05) is 128 Å². The minimum Gasteiger partial charge on any atom is -0.393 e. The summed E-state index contributed by atoms with van der Waals surface area (Å²) in [6.45, 7) is 6.24. The van der Waals surface area contributed by atoms with Gasteiger partial charge in [-0.15, -0.1) is 0 Å². The normalized spacial score (nSPS) is 13.2. The molecule has 6 nitrogen and oxygen atoms in total. The highest BCUT2D eigenvalue weighted by Gasteiger charge is 2.10. The van der Waals surface area contributed by atoms with Crippen molar-refractivity contribution in [3.05, 3.63) is 24.3 Å². The number of allylic oxidation sites excluding steroid dienone is 2. The molecule has 6 heteroatoms. The third-order valence-corrected chi connectivity index (χ3v) is 8.24. The summed E-state index contributed by atoms with van der Waals surface area (Å²) in [4.78, 5) is 24.4. The topological polar surface area (TPSA) is 98.7 Å². The highest BCUT2D eigenvalue weighted by molar-refractivity contribution is 5.79. The van der Waals surface area contributed by atoms with Crippen molar-refractivity contribution in [3.8, 4) is 0 Å². The van der Waals surface area contributed by atoms with Crippen LogP contribution in [-0.4, -0.2) is 40.4 Å². The average Bonchev–Trinajstić information content (AvgIpc) is 2.99. The van der Waals surface area contributed by atoms with Gasteiger partial charge in [0.15, 0.2) is 0 Å². The van der Waals surface area contributed by atoms with Crippen molar-refractivity contribution in [2.75, 3.05) is 0 Å². The van der Waals surface area contributed by atoms with Crippen LogP contribution in [0.1, 0.15) is 188 Å². The molecule has 4 N–H and O–H groups in total. The van der Waals surface area contributed by atoms with Crippen molar-refractivity contribution in [1.82, 2.24) is 10.6 Å². The maximum Gasteiger partial charge on any atom is 0.221 e. The molecule has 0 saturated heterocycles. The lowest BCUT2D eigenvalue weighted by Gasteiger charge is -2.16. The number of carbonyl (C=O) groups is 2. The van der Waals surface area contributed by atoms with Gasteiger partial charge in [-0.3, -0.25) is 9.59 Å². The molecule has 258 valence electrons. The fourth-order valence-corrected chi connectivity index (χ4v) is 5.41. The number of hydrogen-bond donors (Lipinski definition) is 4. The molecule has 0 unspecified atom stereocenters. The monoisotopic (exact) mass is 621 g/mol. The fraction of sp³-hybridized carbons (Fsp3) is 0.842. The summed E-state index contributed by atoms with van der Waals surface area (Å²) in [6, 6.07) is 0. The Morgan fingerprint density at radius 3 is 1.30 bits per heavy atom. The summed E-state index contributed by atoms with van der Waals surface area (Å²) in [5.41, 5.74) is 0. The second-order valence-electron chi connectivity index (χ2n) is 12.9. The average molecular weight is 621 g/mol. The second-order valence-corrected chi connectivity index (χ2v) is 12.9. The fourth-order valence-electron chi connectivity index (χ4n) is 5.41. The van der Waals surface area contributed by atoms with Crippen LogP contribution < -0.4 is 10.6 Å². The standard InChI is InChI=1S/C38H72N2O4/c1-4-6-8-22-28-35(41)30-24-18-14-10-12-16-20-26-32-37(43)39-34(3)40-38(44)33-27-21-17-13-11-15-19-25-31-36(42)29-23-9-7-5-2/h18-19,24-25,34-36,41-42H,4-17,20-23,26-33H2,1-3H3,(H,39,43)(H,40,44)/b24-18-,25-19-/t35-,36-/m1/s1. The first kappa shape index (κ1) is 42.3. The first-order valence-electron chi connectivity index (χ1n) is 18.6. The number of aliphatic hydroxyl groups excluding tert-OH is 2. The molecular weight excluding hydrogens is 548 g/mol. The number of unbranched alkanes of at least 4 members (excludes halogenated alkanes) is 16. The summed E-state index contributed by atoms with van der Waals surface area (Å²) < 4.78 is 0. The zero-order valence-corrected chi connectivity index (χ0v) is 29.1. The molecule has 0 heterocycles. The van der Waals surface area contributed by atoms with Crippen molar-refractivity contribution < 1.29 is 19.8 Å². The van der Waals surface area contributed by atoms with E-state index in [0.29, 0.717) is 12.8 Å². The van der Waals surface area contributed by atoms with Gasteiger partial charge in [0.25, 0.3) is 0 Å². The third-order valence-electron chi connectivity index (χ3n) is 8.24. The largest absolute Gasteiger partial charge is 0.393 e. The summed E-state index contributed by atoms with van der Waals surface area (Å²) in [6.07, 6.45) is 34.9. The molecule has 44 heavy (non-hydrogen) atoms. The van der Waals surface area contributed by atoms with E-state index in [1.807, 2.05) is 6.92 Å². The van der Waals surface area contributed by atoms with Crippen LogP contribution >= 0.6 is 0 Å². The van der Waals surface area contributed by atoms with Crippen LogP contribution in [0.5, 0.6) is 0 Å². The number of carbonyl (C=O) groups excluding carboxylic acids is 2. The quantitative estimate of drug-likeness (QED) is 0.0342. The number of aliphatic hydroxyl groups is 2. The Kier molecular flexibility index (Phi) is 31.5. The van der Waals surface area contributed by atoms with Crippen molar-refractivity contribution in [3.63, 3.8) is 0 Å². The van der Waals surface area contributed by atoms with Gasteiger partial charge < -0.3 is 20.8 Å². The Bertz CT molecular complexity index is 651. The van der Waals surface area contributed by atoms with E-state index >= 15 is 0 Å². The SMILES string of the molecule is CCCCCC[C@@H](O)C/C=C\CCCCCCCC(=O)NC(C)NC(=O)CCCCCCC/C=C\C[C@H](O)CCCCCC. The van der Waals surface area contributed by atoms with Gasteiger partial charge in [0.05, 0.1) is 18.4 Å². The van der Waals surface area contributed by atoms with Crippen LogP contribution in [0.2, 0.25) is 0 Å². The lowest BCUT2D eigenvalue weighted by Crippen LogP contribution is -2.45. The first-order valence-corrected chi connectivity index (χ1v) is 18.6. The first-order chi connectivity index (χ1) is 21.4. The zero-order chi connectivity index (χ0) is 32.5. The van der Waals surface area contributed by atoms with Crippen LogP contribution in [0.25, 0.3) is 0 Å². The molecule has 0 fully saturated rings. The van der Waals surface area contributed by atoms with Gasteiger partial charge in [-0.2, -0.15) is 0 Å². The molecule has 0 bridgehead atoms. The van der Waals surface area contributed by atoms with Crippen molar-refractivity contribution in [2.24, 2.45) is 0 Å². The van der Waals surface area contributed by atoms with Gasteiger partial charge in [0, 0.05) is 12.8 Å². The maximum atomic E-state index is 12.2. The maximum absolute atomic E-state index is 12.2. The Morgan fingerprint density at radius 1 is 0.523 bits per heavy atom. The predicted molar refractivity (Wildman–Crippen MR) is 187 cm³/mol. The van der Waals surface area contributed by atoms with Crippen LogP contribution in [0.3, 0.4) is 0 Å². The van der Waals surface area contributed by atoms with E-state index in [2.05, 4.69) is 48.8 Å². The van der Waals surface area contributed by atoms with Crippen LogP contribution in [0.4, 0.5) is 0 Å². The molecule has 0 saturated carbocycles. The highest BCUT2D eigenvalue weighted by atomic mass is 16.3. The Labute approximate surface area is 272 Å². The zero-order valence-electron chi connectivity index (χ0n) is 29.1. The van der Waals surface area contributed by atoms with Crippen molar-refractivity contribution >= 4 is 11.8 Å². The number of nitrogens with one attached hydrogen (secondary N) is 2. The van der Waals surface area contributed by atoms with Crippen LogP contribution in [0.15, 0.2) is 24.3 Å². The van der Waals surface area contributed by atoms with E-state index in [-0.39, 0.29) is 30.2 Å². The van der Waals surface area contributed by atoms with Gasteiger partial charge in [0.2, 0.25) is 11.8 Å². The molecule has 2 amide bonds. The Balaban J connectivity index is 3.58. The van der Waals surface area contributed by atoms with Gasteiger partial charge in [0.1, 0.15) is 0 Å². The Hall–Kier alpha value is -1.66. The van der Waals surface area contributed by atoms with E-state index in [0.717, 1.165) is 103 Å². The third kappa shape index (κ3) is 31.8. The minimum atomic E-state index is -0.335. The summed E-state index contributed by atoms with van der Waals surface area (Å²) in [5.74, 6) is 0.00837. The number of amides is 2. The molecule has 0 aliphatic rings.